The van der Waals surface area contributed by atoms with Gasteiger partial charge in [-0.15, -0.1) is 0 Å². The summed E-state index contributed by atoms with van der Waals surface area (Å²) in [7, 11) is 0. The molecule has 0 aromatic carbocycles. The van der Waals surface area contributed by atoms with Gasteiger partial charge in [-0.25, -0.2) is 0 Å². The summed E-state index contributed by atoms with van der Waals surface area (Å²) in [5.41, 5.74) is 0.661. The number of hydrogen-bond acceptors (Lipinski definition) is 4. The minimum atomic E-state index is 0.0799. The van der Waals surface area contributed by atoms with Crippen molar-refractivity contribution in [1.29, 1.82) is 0 Å². The molecular weight excluding hydrogens is 280 g/mol. The van der Waals surface area contributed by atoms with E-state index in [1.807, 2.05) is 29.2 Å². The third-order valence-electron chi connectivity index (χ3n) is 3.80. The number of pyridine rings is 1. The van der Waals surface area contributed by atoms with E-state index in [0.717, 1.165) is 38.5 Å². The highest BCUT2D eigenvalue weighted by Gasteiger charge is 2.22. The molecule has 1 N–H and O–H groups in total. The van der Waals surface area contributed by atoms with Crippen LogP contribution >= 0.6 is 0 Å². The van der Waals surface area contributed by atoms with Crippen molar-refractivity contribution in [3.05, 3.63) is 48.5 Å². The molecule has 0 aliphatic carbocycles. The second kappa shape index (κ2) is 7.09. The van der Waals surface area contributed by atoms with Gasteiger partial charge in [0, 0.05) is 45.1 Å². The Morgan fingerprint density at radius 1 is 1.23 bits per heavy atom. The largest absolute Gasteiger partial charge is 0.491 e. The number of aromatic nitrogens is 2. The minimum absolute atomic E-state index is 0.0799. The molecule has 2 aromatic heterocycles. The molecule has 0 radical (unpaired) electrons. The lowest BCUT2D eigenvalue weighted by atomic mass is 10.3. The quantitative estimate of drug-likeness (QED) is 0.902. The molecule has 6 nitrogen and oxygen atoms in total. The molecule has 0 saturated carbocycles. The van der Waals surface area contributed by atoms with E-state index in [2.05, 4.69) is 14.9 Å². The molecule has 0 atom stereocenters. The zero-order valence-corrected chi connectivity index (χ0v) is 12.4. The normalized spacial score (nSPS) is 15.7. The molecule has 1 aliphatic heterocycles. The summed E-state index contributed by atoms with van der Waals surface area (Å²) >= 11 is 0. The standard InChI is InChI=1S/C16H20N4O2/c21-16(15-4-2-6-18-15)20-9-7-19(8-10-20)11-12-22-14-3-1-5-17-13-14/h1-6,13,18H,7-12H2. The van der Waals surface area contributed by atoms with Crippen LogP contribution in [-0.4, -0.2) is 65.0 Å². The summed E-state index contributed by atoms with van der Waals surface area (Å²) in [6, 6.07) is 7.43. The van der Waals surface area contributed by atoms with Gasteiger partial charge in [-0.2, -0.15) is 0 Å². The van der Waals surface area contributed by atoms with Crippen LogP contribution in [0, 0.1) is 0 Å². The summed E-state index contributed by atoms with van der Waals surface area (Å²) < 4.78 is 5.65. The van der Waals surface area contributed by atoms with Crippen LogP contribution in [0.3, 0.4) is 0 Å². The van der Waals surface area contributed by atoms with Crippen molar-refractivity contribution in [3.8, 4) is 5.75 Å². The number of aromatic amines is 1. The van der Waals surface area contributed by atoms with Gasteiger partial charge in [0.25, 0.3) is 5.91 Å². The predicted octanol–water partition coefficient (Wildman–Crippen LogP) is 1.25. The molecule has 1 aliphatic rings. The lowest BCUT2D eigenvalue weighted by molar-refractivity contribution is 0.0615. The Morgan fingerprint density at radius 3 is 2.77 bits per heavy atom. The Morgan fingerprint density at radius 2 is 2.09 bits per heavy atom. The van der Waals surface area contributed by atoms with E-state index < -0.39 is 0 Å². The molecule has 1 amide bonds. The summed E-state index contributed by atoms with van der Waals surface area (Å²) in [6.45, 7) is 4.76. The highest BCUT2D eigenvalue weighted by molar-refractivity contribution is 5.92. The van der Waals surface area contributed by atoms with E-state index in [-0.39, 0.29) is 5.91 Å². The first-order valence-electron chi connectivity index (χ1n) is 7.51. The third-order valence-corrected chi connectivity index (χ3v) is 3.80. The smallest absolute Gasteiger partial charge is 0.270 e. The van der Waals surface area contributed by atoms with E-state index in [9.17, 15) is 4.79 Å². The van der Waals surface area contributed by atoms with Gasteiger partial charge >= 0.3 is 0 Å². The minimum Gasteiger partial charge on any atom is -0.491 e. The van der Waals surface area contributed by atoms with Gasteiger partial charge in [-0.1, -0.05) is 0 Å². The average molecular weight is 300 g/mol. The lowest BCUT2D eigenvalue weighted by Crippen LogP contribution is -2.49. The molecular formula is C16H20N4O2. The second-order valence-corrected chi connectivity index (χ2v) is 5.25. The summed E-state index contributed by atoms with van der Waals surface area (Å²) in [5.74, 6) is 0.874. The predicted molar refractivity (Wildman–Crippen MR) is 82.9 cm³/mol. The first kappa shape index (κ1) is 14.6. The van der Waals surface area contributed by atoms with E-state index >= 15 is 0 Å². The van der Waals surface area contributed by atoms with Crippen molar-refractivity contribution in [2.45, 2.75) is 0 Å². The van der Waals surface area contributed by atoms with Gasteiger partial charge in [0.15, 0.2) is 0 Å². The van der Waals surface area contributed by atoms with Crippen LogP contribution in [-0.2, 0) is 0 Å². The maximum atomic E-state index is 12.2. The SMILES string of the molecule is O=C(c1ccc[nH]1)N1CCN(CCOc2cccnc2)CC1. The zero-order chi connectivity index (χ0) is 15.2. The summed E-state index contributed by atoms with van der Waals surface area (Å²) in [5, 5.41) is 0. The van der Waals surface area contributed by atoms with E-state index in [1.54, 1.807) is 18.6 Å². The van der Waals surface area contributed by atoms with Crippen LogP contribution in [0.2, 0.25) is 0 Å². The highest BCUT2D eigenvalue weighted by atomic mass is 16.5. The lowest BCUT2D eigenvalue weighted by Gasteiger charge is -2.34. The molecule has 0 unspecified atom stereocenters. The number of amides is 1. The molecule has 22 heavy (non-hydrogen) atoms. The van der Waals surface area contributed by atoms with Crippen LogP contribution in [0.15, 0.2) is 42.9 Å². The Hall–Kier alpha value is -2.34. The number of nitrogens with zero attached hydrogens (tertiary/aromatic N) is 3. The maximum absolute atomic E-state index is 12.2. The average Bonchev–Trinajstić information content (AvgIpc) is 3.10. The van der Waals surface area contributed by atoms with Crippen molar-refractivity contribution >= 4 is 5.91 Å². The number of piperazine rings is 1. The van der Waals surface area contributed by atoms with E-state index in [4.69, 9.17) is 4.74 Å². The van der Waals surface area contributed by atoms with Crippen LogP contribution < -0.4 is 4.74 Å². The molecule has 3 heterocycles. The summed E-state index contributed by atoms with van der Waals surface area (Å²) in [6.07, 6.45) is 5.22. The van der Waals surface area contributed by atoms with Gasteiger partial charge in [-0.3, -0.25) is 14.7 Å². The summed E-state index contributed by atoms with van der Waals surface area (Å²) in [4.78, 5) is 23.4. The number of carbonyl (C=O) groups excluding carboxylic acids is 1. The topological polar surface area (TPSA) is 61.5 Å². The number of hydrogen-bond donors (Lipinski definition) is 1. The van der Waals surface area contributed by atoms with Crippen LogP contribution in [0.25, 0.3) is 0 Å². The molecule has 2 aromatic rings. The Labute approximate surface area is 129 Å². The van der Waals surface area contributed by atoms with Crippen molar-refractivity contribution in [2.24, 2.45) is 0 Å². The van der Waals surface area contributed by atoms with E-state index in [0.29, 0.717) is 12.3 Å². The Kier molecular flexibility index (Phi) is 4.70. The fourth-order valence-corrected chi connectivity index (χ4v) is 2.53. The molecule has 3 rings (SSSR count). The number of carbonyl (C=O) groups is 1. The van der Waals surface area contributed by atoms with Gasteiger partial charge in [0.1, 0.15) is 18.1 Å². The molecule has 1 saturated heterocycles. The van der Waals surface area contributed by atoms with E-state index in [1.165, 1.54) is 0 Å². The van der Waals surface area contributed by atoms with Crippen LogP contribution in [0.1, 0.15) is 10.5 Å². The number of nitrogens with one attached hydrogen (secondary N) is 1. The second-order valence-electron chi connectivity index (χ2n) is 5.25. The Bertz CT molecular complexity index is 577. The molecule has 6 heteroatoms. The number of rotatable bonds is 5. The van der Waals surface area contributed by atoms with Crippen molar-refractivity contribution in [1.82, 2.24) is 19.8 Å². The van der Waals surface area contributed by atoms with Crippen molar-refractivity contribution in [3.63, 3.8) is 0 Å². The number of H-pyrrole nitrogens is 1. The number of ether oxygens (including phenoxy) is 1. The van der Waals surface area contributed by atoms with Crippen molar-refractivity contribution in [2.75, 3.05) is 39.3 Å². The first-order chi connectivity index (χ1) is 10.8. The zero-order valence-electron chi connectivity index (χ0n) is 12.4. The first-order valence-corrected chi connectivity index (χ1v) is 7.51. The molecule has 0 spiro atoms. The van der Waals surface area contributed by atoms with Gasteiger partial charge < -0.3 is 14.6 Å². The monoisotopic (exact) mass is 300 g/mol. The molecule has 1 fully saturated rings. The fourth-order valence-electron chi connectivity index (χ4n) is 2.53. The maximum Gasteiger partial charge on any atom is 0.270 e. The molecule has 0 bridgehead atoms. The third kappa shape index (κ3) is 3.65. The van der Waals surface area contributed by atoms with Crippen LogP contribution in [0.5, 0.6) is 5.75 Å². The fraction of sp³-hybridized carbons (Fsp3) is 0.375. The van der Waals surface area contributed by atoms with Crippen molar-refractivity contribution < 1.29 is 9.53 Å². The van der Waals surface area contributed by atoms with Gasteiger partial charge in [0.2, 0.25) is 0 Å². The highest BCUT2D eigenvalue weighted by Crippen LogP contribution is 2.09. The van der Waals surface area contributed by atoms with Gasteiger partial charge in [-0.05, 0) is 24.3 Å². The van der Waals surface area contributed by atoms with Crippen LogP contribution in [0.4, 0.5) is 0 Å². The van der Waals surface area contributed by atoms with Gasteiger partial charge in [0.05, 0.1) is 6.20 Å². The molecule has 116 valence electrons. The Balaban J connectivity index is 1.39.